The van der Waals surface area contributed by atoms with Gasteiger partial charge in [0, 0.05) is 32.7 Å². The number of nitrogens with one attached hydrogen (secondary N) is 2. The number of rotatable bonds is 3. The second-order valence-corrected chi connectivity index (χ2v) is 4.35. The Kier molecular flexibility index (Phi) is 4.52. The number of benzene rings is 1. The highest BCUT2D eigenvalue weighted by molar-refractivity contribution is 5.74. The van der Waals surface area contributed by atoms with Crippen LogP contribution in [-0.4, -0.2) is 43.7 Å². The molecule has 4 nitrogen and oxygen atoms in total. The quantitative estimate of drug-likeness (QED) is 0.841. The first-order valence-electron chi connectivity index (χ1n) is 6.23. The van der Waals surface area contributed by atoms with Gasteiger partial charge < -0.3 is 15.5 Å². The van der Waals surface area contributed by atoms with E-state index in [1.165, 1.54) is 12.1 Å². The van der Waals surface area contributed by atoms with Gasteiger partial charge in [0.2, 0.25) is 0 Å². The third-order valence-electron chi connectivity index (χ3n) is 3.01. The highest BCUT2D eigenvalue weighted by Gasteiger charge is 2.14. The van der Waals surface area contributed by atoms with Crippen molar-refractivity contribution in [1.82, 2.24) is 15.5 Å². The van der Waals surface area contributed by atoms with E-state index in [0.717, 1.165) is 38.2 Å². The molecule has 0 spiro atoms. The lowest BCUT2D eigenvalue weighted by atomic mass is 10.1. The molecule has 5 heteroatoms. The first-order valence-corrected chi connectivity index (χ1v) is 6.23. The Balaban J connectivity index is 1.71. The van der Waals surface area contributed by atoms with Crippen LogP contribution in [0.15, 0.2) is 24.3 Å². The fourth-order valence-corrected chi connectivity index (χ4v) is 1.94. The van der Waals surface area contributed by atoms with Crippen molar-refractivity contribution in [2.24, 2.45) is 0 Å². The Morgan fingerprint density at radius 2 is 1.94 bits per heavy atom. The van der Waals surface area contributed by atoms with Crippen molar-refractivity contribution in [3.8, 4) is 0 Å². The SMILES string of the molecule is O=C(NCCc1ccc(F)cc1)N1CCNCC1. The van der Waals surface area contributed by atoms with Crippen LogP contribution in [0.1, 0.15) is 5.56 Å². The van der Waals surface area contributed by atoms with Gasteiger partial charge >= 0.3 is 6.03 Å². The van der Waals surface area contributed by atoms with Gasteiger partial charge in [0.15, 0.2) is 0 Å². The maximum Gasteiger partial charge on any atom is 0.317 e. The molecule has 0 unspecified atom stereocenters. The summed E-state index contributed by atoms with van der Waals surface area (Å²) < 4.78 is 12.7. The van der Waals surface area contributed by atoms with Gasteiger partial charge in [-0.1, -0.05) is 12.1 Å². The largest absolute Gasteiger partial charge is 0.338 e. The van der Waals surface area contributed by atoms with E-state index < -0.39 is 0 Å². The second kappa shape index (κ2) is 6.35. The van der Waals surface area contributed by atoms with Crippen LogP contribution >= 0.6 is 0 Å². The lowest BCUT2D eigenvalue weighted by Gasteiger charge is -2.27. The van der Waals surface area contributed by atoms with E-state index in [1.54, 1.807) is 17.0 Å². The number of piperazine rings is 1. The number of carbonyl (C=O) groups excluding carboxylic acids is 1. The molecule has 0 aromatic heterocycles. The molecule has 98 valence electrons. The zero-order valence-electron chi connectivity index (χ0n) is 10.3. The van der Waals surface area contributed by atoms with Crippen LogP contribution in [0.2, 0.25) is 0 Å². The van der Waals surface area contributed by atoms with Gasteiger partial charge in [-0.3, -0.25) is 0 Å². The maximum atomic E-state index is 12.7. The zero-order chi connectivity index (χ0) is 12.8. The van der Waals surface area contributed by atoms with E-state index in [1.807, 2.05) is 0 Å². The van der Waals surface area contributed by atoms with Crippen LogP contribution in [0.4, 0.5) is 9.18 Å². The molecule has 1 aliphatic rings. The summed E-state index contributed by atoms with van der Waals surface area (Å²) in [7, 11) is 0. The third-order valence-corrected chi connectivity index (χ3v) is 3.01. The molecule has 0 atom stereocenters. The summed E-state index contributed by atoms with van der Waals surface area (Å²) >= 11 is 0. The Morgan fingerprint density at radius 1 is 1.28 bits per heavy atom. The van der Waals surface area contributed by atoms with E-state index in [2.05, 4.69) is 10.6 Å². The molecule has 0 radical (unpaired) electrons. The summed E-state index contributed by atoms with van der Waals surface area (Å²) in [5, 5.41) is 6.08. The summed E-state index contributed by atoms with van der Waals surface area (Å²) in [6, 6.07) is 6.35. The average molecular weight is 251 g/mol. The Bertz CT molecular complexity index is 388. The van der Waals surface area contributed by atoms with Crippen molar-refractivity contribution >= 4 is 6.03 Å². The molecule has 1 heterocycles. The summed E-state index contributed by atoms with van der Waals surface area (Å²) in [5.41, 5.74) is 1.03. The lowest BCUT2D eigenvalue weighted by molar-refractivity contribution is 0.190. The summed E-state index contributed by atoms with van der Waals surface area (Å²) in [4.78, 5) is 13.6. The normalized spacial score (nSPS) is 15.5. The number of hydrogen-bond donors (Lipinski definition) is 2. The third kappa shape index (κ3) is 3.70. The van der Waals surface area contributed by atoms with Crippen LogP contribution in [-0.2, 0) is 6.42 Å². The van der Waals surface area contributed by atoms with Crippen molar-refractivity contribution in [3.63, 3.8) is 0 Å². The molecule has 1 aliphatic heterocycles. The van der Waals surface area contributed by atoms with E-state index in [0.29, 0.717) is 6.54 Å². The van der Waals surface area contributed by atoms with Crippen LogP contribution in [0.3, 0.4) is 0 Å². The zero-order valence-corrected chi connectivity index (χ0v) is 10.3. The molecule has 2 N–H and O–H groups in total. The minimum Gasteiger partial charge on any atom is -0.338 e. The van der Waals surface area contributed by atoms with E-state index in [-0.39, 0.29) is 11.8 Å². The molecule has 1 aromatic carbocycles. The number of nitrogens with zero attached hydrogens (tertiary/aromatic N) is 1. The maximum absolute atomic E-state index is 12.7. The highest BCUT2D eigenvalue weighted by atomic mass is 19.1. The molecule has 0 saturated carbocycles. The molecule has 1 saturated heterocycles. The standard InChI is InChI=1S/C13H18FN3O/c14-12-3-1-11(2-4-12)5-6-16-13(18)17-9-7-15-8-10-17/h1-4,15H,5-10H2,(H,16,18). The van der Waals surface area contributed by atoms with Crippen LogP contribution in [0.25, 0.3) is 0 Å². The van der Waals surface area contributed by atoms with Crippen molar-refractivity contribution in [1.29, 1.82) is 0 Å². The molecule has 0 aliphatic carbocycles. The predicted octanol–water partition coefficient (Wildman–Crippen LogP) is 0.983. The Hall–Kier alpha value is -1.62. The monoisotopic (exact) mass is 251 g/mol. The average Bonchev–Trinajstić information content (AvgIpc) is 2.42. The van der Waals surface area contributed by atoms with Gasteiger partial charge in [-0.25, -0.2) is 9.18 Å². The van der Waals surface area contributed by atoms with Crippen molar-refractivity contribution in [2.75, 3.05) is 32.7 Å². The molecule has 1 fully saturated rings. The molecular weight excluding hydrogens is 233 g/mol. The predicted molar refractivity (Wildman–Crippen MR) is 67.9 cm³/mol. The van der Waals surface area contributed by atoms with Crippen LogP contribution in [0, 0.1) is 5.82 Å². The van der Waals surface area contributed by atoms with Crippen molar-refractivity contribution in [3.05, 3.63) is 35.6 Å². The van der Waals surface area contributed by atoms with E-state index in [4.69, 9.17) is 0 Å². The smallest absolute Gasteiger partial charge is 0.317 e. The molecule has 2 amide bonds. The van der Waals surface area contributed by atoms with Crippen LogP contribution < -0.4 is 10.6 Å². The summed E-state index contributed by atoms with van der Waals surface area (Å²) in [5.74, 6) is -0.233. The topological polar surface area (TPSA) is 44.4 Å². The van der Waals surface area contributed by atoms with E-state index in [9.17, 15) is 9.18 Å². The fraction of sp³-hybridized carbons (Fsp3) is 0.462. The number of carbonyl (C=O) groups is 1. The number of urea groups is 1. The van der Waals surface area contributed by atoms with Gasteiger partial charge in [0.25, 0.3) is 0 Å². The molecular formula is C13H18FN3O. The minimum absolute atomic E-state index is 0.0152. The van der Waals surface area contributed by atoms with Gasteiger partial charge in [0.05, 0.1) is 0 Å². The Morgan fingerprint density at radius 3 is 2.61 bits per heavy atom. The fourth-order valence-electron chi connectivity index (χ4n) is 1.94. The highest BCUT2D eigenvalue weighted by Crippen LogP contribution is 2.03. The van der Waals surface area contributed by atoms with Crippen molar-refractivity contribution in [2.45, 2.75) is 6.42 Å². The number of hydrogen-bond acceptors (Lipinski definition) is 2. The van der Waals surface area contributed by atoms with Gasteiger partial charge in [0.1, 0.15) is 5.82 Å². The van der Waals surface area contributed by atoms with Crippen molar-refractivity contribution < 1.29 is 9.18 Å². The Labute approximate surface area is 106 Å². The van der Waals surface area contributed by atoms with Crippen LogP contribution in [0.5, 0.6) is 0 Å². The van der Waals surface area contributed by atoms with Gasteiger partial charge in [-0.15, -0.1) is 0 Å². The molecule has 18 heavy (non-hydrogen) atoms. The molecule has 2 rings (SSSR count). The first-order chi connectivity index (χ1) is 8.75. The molecule has 0 bridgehead atoms. The van der Waals surface area contributed by atoms with Gasteiger partial charge in [-0.2, -0.15) is 0 Å². The second-order valence-electron chi connectivity index (χ2n) is 4.35. The minimum atomic E-state index is -0.233. The first kappa shape index (κ1) is 12.8. The number of amides is 2. The van der Waals surface area contributed by atoms with Gasteiger partial charge in [-0.05, 0) is 24.1 Å². The van der Waals surface area contributed by atoms with E-state index >= 15 is 0 Å². The lowest BCUT2D eigenvalue weighted by Crippen LogP contribution is -2.50. The summed E-state index contributed by atoms with van der Waals surface area (Å²) in [6.07, 6.45) is 0.720. The summed E-state index contributed by atoms with van der Waals surface area (Å²) in [6.45, 7) is 3.79. The number of halogens is 1. The molecule has 1 aromatic rings.